The smallest absolute Gasteiger partial charge is 0.325 e. The third kappa shape index (κ3) is 5.54. The summed E-state index contributed by atoms with van der Waals surface area (Å²) in [4.78, 5) is 18.8. The summed E-state index contributed by atoms with van der Waals surface area (Å²) in [6.45, 7) is 8.23. The van der Waals surface area contributed by atoms with E-state index in [1.165, 1.54) is 16.8 Å². The van der Waals surface area contributed by atoms with Crippen LogP contribution < -0.4 is 19.9 Å². The Morgan fingerprint density at radius 2 is 1.77 bits per heavy atom. The van der Waals surface area contributed by atoms with E-state index in [2.05, 4.69) is 74.5 Å². The summed E-state index contributed by atoms with van der Waals surface area (Å²) in [5, 5.41) is 3.95. The van der Waals surface area contributed by atoms with Gasteiger partial charge in [0, 0.05) is 43.5 Å². The number of ether oxygens (including phenoxy) is 1. The maximum Gasteiger partial charge on any atom is 0.325 e. The number of amidine groups is 1. The van der Waals surface area contributed by atoms with Gasteiger partial charge in [-0.25, -0.2) is 0 Å². The van der Waals surface area contributed by atoms with Gasteiger partial charge < -0.3 is 19.9 Å². The molecule has 0 amide bonds. The van der Waals surface area contributed by atoms with Crippen molar-refractivity contribution in [2.24, 2.45) is 4.99 Å². The van der Waals surface area contributed by atoms with Crippen molar-refractivity contribution in [1.82, 2.24) is 9.97 Å². The molecule has 1 aromatic heterocycles. The van der Waals surface area contributed by atoms with Gasteiger partial charge in [-0.05, 0) is 55.7 Å². The number of para-hydroxylation sites is 1. The van der Waals surface area contributed by atoms with E-state index in [4.69, 9.17) is 21.3 Å². The first-order valence-electron chi connectivity index (χ1n) is 13.3. The normalized spacial score (nSPS) is 16.7. The van der Waals surface area contributed by atoms with E-state index < -0.39 is 0 Å². The predicted octanol–water partition coefficient (Wildman–Crippen LogP) is 6.53. The minimum Gasteiger partial charge on any atom is -0.423 e. The first kappa shape index (κ1) is 25.2. The maximum atomic E-state index is 6.77. The number of nitrogens with zero attached hydrogens (tertiary/aromatic N) is 5. The van der Waals surface area contributed by atoms with Crippen LogP contribution in [0, 0.1) is 0 Å². The highest BCUT2D eigenvalue weighted by atomic mass is 35.5. The van der Waals surface area contributed by atoms with E-state index in [0.717, 1.165) is 55.4 Å². The molecule has 1 fully saturated rings. The fraction of sp³-hybridized carbons (Fsp3) is 0.258. The van der Waals surface area contributed by atoms with Gasteiger partial charge in [0.1, 0.15) is 23.2 Å². The van der Waals surface area contributed by atoms with E-state index >= 15 is 0 Å². The van der Waals surface area contributed by atoms with E-state index in [9.17, 15) is 0 Å². The highest BCUT2D eigenvalue weighted by Gasteiger charge is 2.22. The molecule has 8 heteroatoms. The van der Waals surface area contributed by atoms with Crippen molar-refractivity contribution in [2.45, 2.75) is 20.3 Å². The third-order valence-corrected chi connectivity index (χ3v) is 7.49. The molecule has 1 N–H and O–H groups in total. The van der Waals surface area contributed by atoms with Gasteiger partial charge in [0.25, 0.3) is 0 Å². The zero-order chi connectivity index (χ0) is 26.8. The molecule has 3 aromatic rings. The summed E-state index contributed by atoms with van der Waals surface area (Å²) in [5.41, 5.74) is 5.90. The van der Waals surface area contributed by atoms with Crippen molar-refractivity contribution >= 4 is 40.8 Å². The van der Waals surface area contributed by atoms with Gasteiger partial charge in [-0.2, -0.15) is 9.97 Å². The van der Waals surface area contributed by atoms with Crippen molar-refractivity contribution in [3.63, 3.8) is 0 Å². The molecule has 39 heavy (non-hydrogen) atoms. The Labute approximate surface area is 234 Å². The standard InChI is InChI=1S/C31H31ClN6O/c1-3-7-22-18-27(33-20-22)34-28-19-29(38-14-12-37(13-15-38)24-8-5-4-6-9-24)36-31(35-28)39-26-11-10-23-16-21(2)17-25(23)30(26)32/h3-11,17-19H,12-16,20H2,1-2H3,(H,33,34,35,36)/b7-3+. The summed E-state index contributed by atoms with van der Waals surface area (Å²) < 4.78 is 6.23. The molecular weight excluding hydrogens is 508 g/mol. The molecule has 0 bridgehead atoms. The molecule has 1 saturated heterocycles. The van der Waals surface area contributed by atoms with E-state index in [1.54, 1.807) is 0 Å². The van der Waals surface area contributed by atoms with Gasteiger partial charge in [0.05, 0.1) is 11.6 Å². The Bertz CT molecular complexity index is 1500. The average Bonchev–Trinajstić information content (AvgIpc) is 3.57. The molecule has 0 radical (unpaired) electrons. The van der Waals surface area contributed by atoms with Gasteiger partial charge in [-0.1, -0.05) is 59.7 Å². The van der Waals surface area contributed by atoms with Gasteiger partial charge >= 0.3 is 6.01 Å². The fourth-order valence-corrected chi connectivity index (χ4v) is 5.46. The Balaban J connectivity index is 1.27. The number of hydrogen-bond donors (Lipinski definition) is 1. The van der Waals surface area contributed by atoms with Crippen LogP contribution >= 0.6 is 11.6 Å². The van der Waals surface area contributed by atoms with Crippen LogP contribution in [0.3, 0.4) is 0 Å². The van der Waals surface area contributed by atoms with Gasteiger partial charge in [0.2, 0.25) is 0 Å². The Morgan fingerprint density at radius 1 is 0.974 bits per heavy atom. The molecule has 7 nitrogen and oxygen atoms in total. The highest BCUT2D eigenvalue weighted by molar-refractivity contribution is 6.33. The lowest BCUT2D eigenvalue weighted by Crippen LogP contribution is -2.46. The topological polar surface area (TPSA) is 65.9 Å². The van der Waals surface area contributed by atoms with Crippen molar-refractivity contribution in [3.8, 4) is 11.8 Å². The summed E-state index contributed by atoms with van der Waals surface area (Å²) in [7, 11) is 0. The lowest BCUT2D eigenvalue weighted by molar-refractivity contribution is 0.442. The largest absolute Gasteiger partial charge is 0.423 e. The Kier molecular flexibility index (Phi) is 7.07. The molecule has 3 aliphatic rings. The van der Waals surface area contributed by atoms with Gasteiger partial charge in [-0.3, -0.25) is 4.99 Å². The number of fused-ring (bicyclic) bond motifs is 1. The number of aliphatic imine (C=N–C) groups is 1. The van der Waals surface area contributed by atoms with Crippen molar-refractivity contribution < 1.29 is 4.74 Å². The monoisotopic (exact) mass is 538 g/mol. The molecule has 0 atom stereocenters. The second-order valence-electron chi connectivity index (χ2n) is 9.97. The minimum absolute atomic E-state index is 0.247. The second-order valence-corrected chi connectivity index (χ2v) is 10.3. The molecule has 1 aliphatic carbocycles. The number of halogens is 1. The van der Waals surface area contributed by atoms with Crippen LogP contribution in [0.5, 0.6) is 11.8 Å². The summed E-state index contributed by atoms with van der Waals surface area (Å²) >= 11 is 6.77. The average molecular weight is 539 g/mol. The number of benzene rings is 2. The van der Waals surface area contributed by atoms with Crippen LogP contribution in [0.4, 0.5) is 17.3 Å². The molecule has 0 saturated carbocycles. The fourth-order valence-electron chi connectivity index (χ4n) is 5.18. The van der Waals surface area contributed by atoms with Crippen molar-refractivity contribution in [2.75, 3.05) is 47.8 Å². The lowest BCUT2D eigenvalue weighted by atomic mass is 10.1. The van der Waals surface area contributed by atoms with Gasteiger partial charge in [-0.15, -0.1) is 0 Å². The first-order valence-corrected chi connectivity index (χ1v) is 13.7. The zero-order valence-corrected chi connectivity index (χ0v) is 22.9. The number of hydrogen-bond acceptors (Lipinski definition) is 7. The van der Waals surface area contributed by atoms with Crippen LogP contribution in [-0.4, -0.2) is 48.5 Å². The summed E-state index contributed by atoms with van der Waals surface area (Å²) in [6.07, 6.45) is 9.15. The molecular formula is C31H31ClN6O. The number of piperazine rings is 1. The number of rotatable bonds is 6. The number of aromatic nitrogens is 2. The predicted molar refractivity (Wildman–Crippen MR) is 161 cm³/mol. The molecule has 0 spiro atoms. The highest BCUT2D eigenvalue weighted by Crippen LogP contribution is 2.39. The van der Waals surface area contributed by atoms with Crippen LogP contribution in [-0.2, 0) is 6.42 Å². The molecule has 2 aliphatic heterocycles. The quantitative estimate of drug-likeness (QED) is 0.384. The third-order valence-electron chi connectivity index (χ3n) is 7.10. The second kappa shape index (κ2) is 10.9. The molecule has 2 aromatic carbocycles. The van der Waals surface area contributed by atoms with Crippen LogP contribution in [0.15, 0.2) is 82.9 Å². The maximum absolute atomic E-state index is 6.77. The number of allylic oxidation sites excluding steroid dienone is 2. The minimum atomic E-state index is 0.247. The molecule has 198 valence electrons. The molecule has 0 unspecified atom stereocenters. The zero-order valence-electron chi connectivity index (χ0n) is 22.2. The van der Waals surface area contributed by atoms with Gasteiger partial charge in [0.15, 0.2) is 0 Å². The summed E-state index contributed by atoms with van der Waals surface area (Å²) in [6, 6.07) is 16.7. The number of anilines is 3. The lowest BCUT2D eigenvalue weighted by Gasteiger charge is -2.36. The van der Waals surface area contributed by atoms with Crippen LogP contribution in [0.25, 0.3) is 6.08 Å². The van der Waals surface area contributed by atoms with Crippen LogP contribution in [0.2, 0.25) is 5.02 Å². The Morgan fingerprint density at radius 3 is 2.56 bits per heavy atom. The summed E-state index contributed by atoms with van der Waals surface area (Å²) in [5.74, 6) is 2.75. The molecule has 6 rings (SSSR count). The molecule has 3 heterocycles. The van der Waals surface area contributed by atoms with E-state index in [0.29, 0.717) is 23.1 Å². The van der Waals surface area contributed by atoms with Crippen molar-refractivity contribution in [1.29, 1.82) is 0 Å². The SMILES string of the molecule is C/C=C/C1=CC(Nc2cc(N3CCN(c4ccccc4)CC3)nc(Oc3ccc4c(c3Cl)C=C(C)C4)n2)=NC1. The number of nitrogens with one attached hydrogen (secondary N) is 1. The van der Waals surface area contributed by atoms with Crippen LogP contribution in [0.1, 0.15) is 25.0 Å². The van der Waals surface area contributed by atoms with Crippen molar-refractivity contribution in [3.05, 3.63) is 94.1 Å². The Hall–Kier alpha value is -4.10. The first-order chi connectivity index (χ1) is 19.1. The van der Waals surface area contributed by atoms with E-state index in [1.807, 2.05) is 37.3 Å². The van der Waals surface area contributed by atoms with E-state index in [-0.39, 0.29) is 6.01 Å².